The van der Waals surface area contributed by atoms with E-state index in [9.17, 15) is 4.79 Å². The van der Waals surface area contributed by atoms with Crippen LogP contribution in [-0.4, -0.2) is 28.6 Å². The van der Waals surface area contributed by atoms with E-state index in [0.29, 0.717) is 6.42 Å². The highest BCUT2D eigenvalue weighted by molar-refractivity contribution is 7.99. The number of carbonyl (C=O) groups is 1. The molecule has 0 aliphatic rings. The van der Waals surface area contributed by atoms with Gasteiger partial charge in [0.2, 0.25) is 0 Å². The Hall–Kier alpha value is -0.660. The van der Waals surface area contributed by atoms with Crippen LogP contribution in [0.5, 0.6) is 0 Å². The van der Waals surface area contributed by atoms with Gasteiger partial charge in [-0.25, -0.2) is 0 Å². The molecule has 3 nitrogen and oxygen atoms in total. The van der Waals surface area contributed by atoms with Crippen LogP contribution in [0.3, 0.4) is 0 Å². The minimum atomic E-state index is -0.937. The molecule has 0 radical (unpaired) electrons. The lowest BCUT2D eigenvalue weighted by Gasteiger charge is -2.04. The zero-order valence-corrected chi connectivity index (χ0v) is 7.64. The largest absolute Gasteiger partial charge is 0.480 e. The van der Waals surface area contributed by atoms with Crippen LogP contribution in [0, 0.1) is 12.3 Å². The Morgan fingerprint density at radius 2 is 2.33 bits per heavy atom. The molecule has 0 aromatic heterocycles. The SMILES string of the molecule is C#CCCSCC[C@H](N)C(=O)O. The molecular weight excluding hydrogens is 174 g/mol. The van der Waals surface area contributed by atoms with Gasteiger partial charge in [0.1, 0.15) is 6.04 Å². The number of thioether (sulfide) groups is 1. The van der Waals surface area contributed by atoms with Gasteiger partial charge in [0.05, 0.1) is 0 Å². The molecular formula is C8H13NO2S. The van der Waals surface area contributed by atoms with Crippen molar-refractivity contribution in [3.8, 4) is 12.3 Å². The van der Waals surface area contributed by atoms with Gasteiger partial charge in [0.15, 0.2) is 0 Å². The molecule has 4 heteroatoms. The molecule has 0 saturated heterocycles. The summed E-state index contributed by atoms with van der Waals surface area (Å²) < 4.78 is 0. The average molecular weight is 187 g/mol. The summed E-state index contributed by atoms with van der Waals surface area (Å²) in [7, 11) is 0. The normalized spacial score (nSPS) is 12.0. The standard InChI is InChI=1S/C8H13NO2S/c1-2-3-5-12-6-4-7(9)8(10)11/h1,7H,3-6,9H2,(H,10,11)/t7-/m0/s1. The van der Waals surface area contributed by atoms with Gasteiger partial charge in [0.25, 0.3) is 0 Å². The maximum Gasteiger partial charge on any atom is 0.320 e. The van der Waals surface area contributed by atoms with E-state index in [0.717, 1.165) is 17.9 Å². The van der Waals surface area contributed by atoms with E-state index >= 15 is 0 Å². The molecule has 0 rings (SSSR count). The number of aliphatic carboxylic acids is 1. The van der Waals surface area contributed by atoms with Crippen LogP contribution in [0.1, 0.15) is 12.8 Å². The maximum absolute atomic E-state index is 10.3. The Morgan fingerprint density at radius 1 is 1.67 bits per heavy atom. The first kappa shape index (κ1) is 11.3. The summed E-state index contributed by atoms with van der Waals surface area (Å²) in [6.45, 7) is 0. The Labute approximate surface area is 76.7 Å². The van der Waals surface area contributed by atoms with Crippen molar-refractivity contribution in [2.45, 2.75) is 18.9 Å². The minimum absolute atomic E-state index is 0.505. The van der Waals surface area contributed by atoms with Crippen molar-refractivity contribution in [1.29, 1.82) is 0 Å². The zero-order valence-electron chi connectivity index (χ0n) is 6.82. The molecule has 0 saturated carbocycles. The molecule has 12 heavy (non-hydrogen) atoms. The Balaban J connectivity index is 3.21. The summed E-state index contributed by atoms with van der Waals surface area (Å²) >= 11 is 1.64. The molecule has 0 aliphatic carbocycles. The number of hydrogen-bond acceptors (Lipinski definition) is 3. The second-order valence-electron chi connectivity index (χ2n) is 2.30. The second-order valence-corrected chi connectivity index (χ2v) is 3.52. The summed E-state index contributed by atoms with van der Waals surface area (Å²) in [5, 5.41) is 8.42. The van der Waals surface area contributed by atoms with Crippen LogP contribution in [0.4, 0.5) is 0 Å². The van der Waals surface area contributed by atoms with E-state index < -0.39 is 12.0 Å². The summed E-state index contributed by atoms with van der Waals surface area (Å²) in [5.41, 5.74) is 5.28. The van der Waals surface area contributed by atoms with E-state index in [4.69, 9.17) is 17.3 Å². The fourth-order valence-electron chi connectivity index (χ4n) is 0.567. The Morgan fingerprint density at radius 3 is 2.83 bits per heavy atom. The summed E-state index contributed by atoms with van der Waals surface area (Å²) in [5.74, 6) is 3.21. The van der Waals surface area contributed by atoms with Gasteiger partial charge in [-0.3, -0.25) is 4.79 Å². The van der Waals surface area contributed by atoms with Crippen molar-refractivity contribution < 1.29 is 9.90 Å². The van der Waals surface area contributed by atoms with Crippen LogP contribution >= 0.6 is 11.8 Å². The fourth-order valence-corrected chi connectivity index (χ4v) is 1.45. The Bertz CT molecular complexity index is 176. The quantitative estimate of drug-likeness (QED) is 0.470. The summed E-state index contributed by atoms with van der Waals surface area (Å²) in [6, 6.07) is -0.733. The van der Waals surface area contributed by atoms with Gasteiger partial charge in [-0.1, -0.05) is 0 Å². The van der Waals surface area contributed by atoms with Gasteiger partial charge < -0.3 is 10.8 Å². The third-order valence-electron chi connectivity index (χ3n) is 1.28. The number of carboxylic acid groups (broad SMARTS) is 1. The zero-order chi connectivity index (χ0) is 9.40. The lowest BCUT2D eigenvalue weighted by molar-refractivity contribution is -0.138. The van der Waals surface area contributed by atoms with Crippen molar-refractivity contribution >= 4 is 17.7 Å². The monoisotopic (exact) mass is 187 g/mol. The molecule has 0 unspecified atom stereocenters. The molecule has 3 N–H and O–H groups in total. The highest BCUT2D eigenvalue weighted by Gasteiger charge is 2.09. The first-order chi connectivity index (χ1) is 5.68. The molecule has 0 spiro atoms. The molecule has 0 bridgehead atoms. The molecule has 1 atom stereocenters. The molecule has 0 fully saturated rings. The molecule has 0 amide bonds. The first-order valence-electron chi connectivity index (χ1n) is 3.68. The van der Waals surface area contributed by atoms with Crippen molar-refractivity contribution in [2.24, 2.45) is 5.73 Å². The number of hydrogen-bond donors (Lipinski definition) is 2. The number of terminal acetylenes is 1. The fraction of sp³-hybridized carbons (Fsp3) is 0.625. The van der Waals surface area contributed by atoms with E-state index in [2.05, 4.69) is 5.92 Å². The number of nitrogens with two attached hydrogens (primary N) is 1. The number of rotatable bonds is 6. The van der Waals surface area contributed by atoms with Crippen LogP contribution in [0.15, 0.2) is 0 Å². The van der Waals surface area contributed by atoms with Crippen LogP contribution in [0.25, 0.3) is 0 Å². The molecule has 0 aliphatic heterocycles. The van der Waals surface area contributed by atoms with E-state index in [1.807, 2.05) is 0 Å². The van der Waals surface area contributed by atoms with Gasteiger partial charge in [-0.2, -0.15) is 11.8 Å². The van der Waals surface area contributed by atoms with Crippen LogP contribution in [0.2, 0.25) is 0 Å². The molecule has 68 valence electrons. The molecule has 0 aromatic carbocycles. The predicted molar refractivity (Wildman–Crippen MR) is 51.0 cm³/mol. The van der Waals surface area contributed by atoms with Crippen molar-refractivity contribution in [3.05, 3.63) is 0 Å². The Kier molecular flexibility index (Phi) is 6.63. The summed E-state index contributed by atoms with van der Waals surface area (Å²) in [6.07, 6.45) is 6.27. The van der Waals surface area contributed by atoms with E-state index in [-0.39, 0.29) is 0 Å². The lowest BCUT2D eigenvalue weighted by atomic mass is 10.2. The maximum atomic E-state index is 10.3. The minimum Gasteiger partial charge on any atom is -0.480 e. The molecule has 0 aromatic rings. The highest BCUT2D eigenvalue weighted by Crippen LogP contribution is 2.05. The smallest absolute Gasteiger partial charge is 0.320 e. The van der Waals surface area contributed by atoms with Gasteiger partial charge in [-0.05, 0) is 12.2 Å². The summed E-state index contributed by atoms with van der Waals surface area (Å²) in [4.78, 5) is 10.3. The first-order valence-corrected chi connectivity index (χ1v) is 4.83. The van der Waals surface area contributed by atoms with Gasteiger partial charge in [0, 0.05) is 12.2 Å². The van der Waals surface area contributed by atoms with Crippen LogP contribution in [-0.2, 0) is 4.79 Å². The topological polar surface area (TPSA) is 63.3 Å². The molecule has 0 heterocycles. The van der Waals surface area contributed by atoms with E-state index in [1.165, 1.54) is 0 Å². The third kappa shape index (κ3) is 6.08. The highest BCUT2D eigenvalue weighted by atomic mass is 32.2. The van der Waals surface area contributed by atoms with Crippen LogP contribution < -0.4 is 5.73 Å². The van der Waals surface area contributed by atoms with Crippen molar-refractivity contribution in [3.63, 3.8) is 0 Å². The number of carboxylic acids is 1. The second kappa shape index (κ2) is 7.01. The van der Waals surface area contributed by atoms with Gasteiger partial charge in [-0.15, -0.1) is 12.3 Å². The van der Waals surface area contributed by atoms with Gasteiger partial charge >= 0.3 is 5.97 Å². The lowest BCUT2D eigenvalue weighted by Crippen LogP contribution is -2.30. The van der Waals surface area contributed by atoms with E-state index in [1.54, 1.807) is 11.8 Å². The third-order valence-corrected chi connectivity index (χ3v) is 2.30. The predicted octanol–water partition coefficient (Wildman–Crippen LogP) is 0.545. The average Bonchev–Trinajstić information content (AvgIpc) is 2.03. The van der Waals surface area contributed by atoms with Crippen molar-refractivity contribution in [1.82, 2.24) is 0 Å². The van der Waals surface area contributed by atoms with Crippen molar-refractivity contribution in [2.75, 3.05) is 11.5 Å².